The predicted octanol–water partition coefficient (Wildman–Crippen LogP) is 1.92. The highest BCUT2D eigenvalue weighted by Gasteiger charge is 2.36. The van der Waals surface area contributed by atoms with Gasteiger partial charge in [-0.15, -0.1) is 10.2 Å². The Morgan fingerprint density at radius 3 is 2.64 bits per heavy atom. The third kappa shape index (κ3) is 3.42. The lowest BCUT2D eigenvalue weighted by molar-refractivity contribution is -0.138. The Morgan fingerprint density at radius 1 is 1.12 bits per heavy atom. The number of fused-ring (bicyclic) bond motifs is 1. The fraction of sp³-hybridized carbons (Fsp3) is 0.429. The zero-order valence-corrected chi connectivity index (χ0v) is 13.8. The van der Waals surface area contributed by atoms with Crippen molar-refractivity contribution in [3.05, 3.63) is 35.2 Å². The van der Waals surface area contributed by atoms with Crippen LogP contribution in [0.2, 0.25) is 0 Å². The van der Waals surface area contributed by atoms with Crippen LogP contribution in [0.5, 0.6) is 0 Å². The lowest BCUT2D eigenvalue weighted by Crippen LogP contribution is -2.45. The predicted molar refractivity (Wildman–Crippen MR) is 85.4 cm³/mol. The first kappa shape index (κ1) is 16.2. The second kappa shape index (κ2) is 6.23. The van der Waals surface area contributed by atoms with Crippen LogP contribution in [0.1, 0.15) is 10.6 Å². The minimum absolute atomic E-state index is 0.330. The Kier molecular flexibility index (Phi) is 4.04. The van der Waals surface area contributed by atoms with E-state index in [1.54, 1.807) is 4.52 Å². The molecular formula is C14H14F3N7S. The fourth-order valence-electron chi connectivity index (χ4n) is 2.77. The Bertz CT molecular complexity index is 867. The van der Waals surface area contributed by atoms with Crippen molar-refractivity contribution in [1.29, 1.82) is 0 Å². The summed E-state index contributed by atoms with van der Waals surface area (Å²) in [7, 11) is 0. The van der Waals surface area contributed by atoms with Crippen LogP contribution >= 0.6 is 11.3 Å². The Labute approximate surface area is 144 Å². The van der Waals surface area contributed by atoms with Crippen molar-refractivity contribution in [3.8, 4) is 0 Å². The topological polar surface area (TPSA) is 62.5 Å². The van der Waals surface area contributed by atoms with Crippen LogP contribution in [0.15, 0.2) is 24.7 Å². The molecule has 1 aliphatic rings. The Balaban J connectivity index is 1.37. The van der Waals surface area contributed by atoms with Gasteiger partial charge < -0.3 is 4.90 Å². The van der Waals surface area contributed by atoms with E-state index < -0.39 is 11.2 Å². The molecule has 0 amide bonds. The molecule has 1 saturated heterocycles. The molecule has 0 spiro atoms. The van der Waals surface area contributed by atoms with Crippen molar-refractivity contribution >= 4 is 22.1 Å². The van der Waals surface area contributed by atoms with Gasteiger partial charge in [0.05, 0.1) is 0 Å². The van der Waals surface area contributed by atoms with Crippen LogP contribution in [-0.2, 0) is 12.7 Å². The third-order valence-corrected chi connectivity index (χ3v) is 5.08. The largest absolute Gasteiger partial charge is 0.445 e. The summed E-state index contributed by atoms with van der Waals surface area (Å²) < 4.78 is 39.6. The average Bonchev–Trinajstić information content (AvgIpc) is 3.24. The van der Waals surface area contributed by atoms with Crippen molar-refractivity contribution in [1.82, 2.24) is 29.7 Å². The number of pyridine rings is 1. The molecule has 0 bridgehead atoms. The molecule has 1 aliphatic heterocycles. The van der Waals surface area contributed by atoms with E-state index in [0.717, 1.165) is 30.8 Å². The number of piperazine rings is 1. The van der Waals surface area contributed by atoms with Gasteiger partial charge in [0.2, 0.25) is 10.1 Å². The van der Waals surface area contributed by atoms with Gasteiger partial charge in [-0.05, 0) is 17.7 Å². The summed E-state index contributed by atoms with van der Waals surface area (Å²) >= 11 is 0.596. The van der Waals surface area contributed by atoms with Gasteiger partial charge in [0, 0.05) is 38.9 Å². The second-order valence-corrected chi connectivity index (χ2v) is 6.70. The van der Waals surface area contributed by atoms with Gasteiger partial charge in [-0.2, -0.15) is 18.3 Å². The summed E-state index contributed by atoms with van der Waals surface area (Å²) in [4.78, 5) is 8.27. The highest BCUT2D eigenvalue weighted by molar-refractivity contribution is 7.15. The lowest BCUT2D eigenvalue weighted by atomic mass is 10.2. The van der Waals surface area contributed by atoms with Gasteiger partial charge in [-0.3, -0.25) is 4.90 Å². The molecule has 0 radical (unpaired) electrons. The summed E-state index contributed by atoms with van der Waals surface area (Å²) in [6.07, 6.45) is -1.05. The van der Waals surface area contributed by atoms with E-state index in [4.69, 9.17) is 0 Å². The lowest BCUT2D eigenvalue weighted by Gasteiger charge is -2.34. The minimum Gasteiger partial charge on any atom is -0.344 e. The molecule has 25 heavy (non-hydrogen) atoms. The molecule has 4 rings (SSSR count). The first-order valence-electron chi connectivity index (χ1n) is 7.65. The molecule has 132 valence electrons. The number of alkyl halides is 3. The number of rotatable bonds is 3. The van der Waals surface area contributed by atoms with Crippen LogP contribution in [0.3, 0.4) is 0 Å². The maximum atomic E-state index is 12.6. The smallest absolute Gasteiger partial charge is 0.344 e. The number of halogens is 3. The monoisotopic (exact) mass is 369 g/mol. The molecule has 0 unspecified atom stereocenters. The summed E-state index contributed by atoms with van der Waals surface area (Å²) in [5, 5.41) is 10.4. The highest BCUT2D eigenvalue weighted by Crippen LogP contribution is 2.34. The quantitative estimate of drug-likeness (QED) is 0.703. The van der Waals surface area contributed by atoms with Crippen molar-refractivity contribution in [2.45, 2.75) is 12.7 Å². The molecule has 7 nitrogen and oxygen atoms in total. The standard InChI is InChI=1S/C14H14F3N7S/c15-14(16,17)12-20-21-13(25-12)23-5-3-22(4-6-23)8-10-1-2-24-11(7-10)18-9-19-24/h1-2,7,9H,3-6,8H2. The minimum atomic E-state index is -4.43. The number of anilines is 1. The highest BCUT2D eigenvalue weighted by atomic mass is 32.1. The molecule has 4 heterocycles. The SMILES string of the molecule is FC(F)(F)c1nnc(N2CCN(Cc3ccn4ncnc4c3)CC2)s1. The van der Waals surface area contributed by atoms with Crippen LogP contribution in [0, 0.1) is 0 Å². The Morgan fingerprint density at radius 2 is 1.92 bits per heavy atom. The third-order valence-electron chi connectivity index (χ3n) is 4.05. The number of aromatic nitrogens is 5. The van der Waals surface area contributed by atoms with Crippen molar-refractivity contribution in [2.75, 3.05) is 31.1 Å². The second-order valence-electron chi connectivity index (χ2n) is 5.75. The fourth-order valence-corrected chi connectivity index (χ4v) is 3.53. The molecule has 0 N–H and O–H groups in total. The van der Waals surface area contributed by atoms with Crippen molar-refractivity contribution < 1.29 is 13.2 Å². The molecule has 0 aromatic carbocycles. The molecule has 0 aliphatic carbocycles. The number of nitrogens with zero attached hydrogens (tertiary/aromatic N) is 7. The first-order valence-corrected chi connectivity index (χ1v) is 8.47. The number of hydrogen-bond donors (Lipinski definition) is 0. The summed E-state index contributed by atoms with van der Waals surface area (Å²) in [6, 6.07) is 3.98. The van der Waals surface area contributed by atoms with Crippen molar-refractivity contribution in [2.24, 2.45) is 0 Å². The summed E-state index contributed by atoms with van der Waals surface area (Å²) in [5.74, 6) is 0. The van der Waals surface area contributed by atoms with Crippen molar-refractivity contribution in [3.63, 3.8) is 0 Å². The summed E-state index contributed by atoms with van der Waals surface area (Å²) in [6.45, 7) is 3.51. The molecular weight excluding hydrogens is 355 g/mol. The average molecular weight is 369 g/mol. The van der Waals surface area contributed by atoms with Gasteiger partial charge in [-0.1, -0.05) is 11.3 Å². The molecule has 11 heteroatoms. The first-order chi connectivity index (χ1) is 12.0. The van der Waals surface area contributed by atoms with Crippen LogP contribution in [0.25, 0.3) is 5.65 Å². The van der Waals surface area contributed by atoms with Gasteiger partial charge in [-0.25, -0.2) is 9.50 Å². The summed E-state index contributed by atoms with van der Waals surface area (Å²) in [5.41, 5.74) is 1.92. The Hall–Kier alpha value is -2.27. The maximum absolute atomic E-state index is 12.6. The van der Waals surface area contributed by atoms with Crippen LogP contribution in [-0.4, -0.2) is 55.9 Å². The van der Waals surface area contributed by atoms with E-state index in [2.05, 4.69) is 25.2 Å². The number of hydrogen-bond acceptors (Lipinski definition) is 7. The zero-order valence-electron chi connectivity index (χ0n) is 13.0. The molecule has 3 aromatic heterocycles. The van der Waals surface area contributed by atoms with E-state index in [-0.39, 0.29) is 0 Å². The normalized spacial score (nSPS) is 16.7. The molecule has 0 atom stereocenters. The van der Waals surface area contributed by atoms with E-state index in [1.807, 2.05) is 23.2 Å². The van der Waals surface area contributed by atoms with Crippen LogP contribution < -0.4 is 4.90 Å². The van der Waals surface area contributed by atoms with Gasteiger partial charge in [0.1, 0.15) is 6.33 Å². The zero-order chi connectivity index (χ0) is 17.4. The van der Waals surface area contributed by atoms with Crippen LogP contribution in [0.4, 0.5) is 18.3 Å². The van der Waals surface area contributed by atoms with Gasteiger partial charge in [0.25, 0.3) is 0 Å². The van der Waals surface area contributed by atoms with E-state index in [1.165, 1.54) is 6.33 Å². The van der Waals surface area contributed by atoms with E-state index in [9.17, 15) is 13.2 Å². The maximum Gasteiger partial charge on any atom is 0.445 e. The molecule has 1 fully saturated rings. The van der Waals surface area contributed by atoms with E-state index in [0.29, 0.717) is 29.6 Å². The molecule has 3 aromatic rings. The van der Waals surface area contributed by atoms with E-state index >= 15 is 0 Å². The van der Waals surface area contributed by atoms with Gasteiger partial charge >= 0.3 is 6.18 Å². The molecule has 0 saturated carbocycles. The van der Waals surface area contributed by atoms with Gasteiger partial charge in [0.15, 0.2) is 5.65 Å².